The topological polar surface area (TPSA) is 72.8 Å². The summed E-state index contributed by atoms with van der Waals surface area (Å²) in [6.07, 6.45) is -0.846. The summed E-state index contributed by atoms with van der Waals surface area (Å²) < 4.78 is 50.7. The number of para-hydroxylation sites is 2. The van der Waals surface area contributed by atoms with Crippen LogP contribution >= 0.6 is 12.4 Å². The van der Waals surface area contributed by atoms with Gasteiger partial charge in [0.05, 0.1) is 17.6 Å². The Labute approximate surface area is 218 Å². The highest BCUT2D eigenvalue weighted by atomic mass is 35.5. The van der Waals surface area contributed by atoms with Crippen LogP contribution in [0.25, 0.3) is 5.69 Å². The molecule has 0 spiro atoms. The van der Waals surface area contributed by atoms with E-state index in [1.54, 1.807) is 44.2 Å². The molecule has 37 heavy (non-hydrogen) atoms. The van der Waals surface area contributed by atoms with Gasteiger partial charge >= 0.3 is 11.9 Å². The van der Waals surface area contributed by atoms with Gasteiger partial charge in [0.15, 0.2) is 6.61 Å². The van der Waals surface area contributed by atoms with Crippen molar-refractivity contribution < 1.29 is 22.3 Å². The third-order valence-electron chi connectivity index (χ3n) is 6.46. The van der Waals surface area contributed by atoms with Gasteiger partial charge in [0.25, 0.3) is 5.56 Å². The van der Waals surface area contributed by atoms with E-state index in [0.717, 1.165) is 0 Å². The van der Waals surface area contributed by atoms with E-state index in [1.165, 1.54) is 21.7 Å². The fourth-order valence-corrected chi connectivity index (χ4v) is 4.43. The minimum Gasteiger partial charge on any atom is -0.482 e. The van der Waals surface area contributed by atoms with Crippen molar-refractivity contribution in [2.75, 3.05) is 44.2 Å². The molecule has 0 saturated carbocycles. The zero-order valence-electron chi connectivity index (χ0n) is 20.7. The number of hydrogen-bond donors (Lipinski definition) is 0. The lowest BCUT2D eigenvalue weighted by molar-refractivity contribution is -0.153. The van der Waals surface area contributed by atoms with Crippen molar-refractivity contribution in [2.45, 2.75) is 33.0 Å². The molecule has 4 rings (SSSR count). The lowest BCUT2D eigenvalue weighted by Crippen LogP contribution is -2.47. The average molecular weight is 543 g/mol. The van der Waals surface area contributed by atoms with Crippen LogP contribution in [0.1, 0.15) is 17.7 Å². The van der Waals surface area contributed by atoms with Crippen LogP contribution in [0.5, 0.6) is 5.75 Å². The number of furan rings is 1. The van der Waals surface area contributed by atoms with Gasteiger partial charge in [0.2, 0.25) is 0 Å². The second kappa shape index (κ2) is 11.9. The van der Waals surface area contributed by atoms with Crippen LogP contribution in [0.15, 0.2) is 56.9 Å². The summed E-state index contributed by atoms with van der Waals surface area (Å²) in [5.41, 5.74) is 1.62. The van der Waals surface area contributed by atoms with Gasteiger partial charge < -0.3 is 14.1 Å². The maximum atomic E-state index is 13.1. The van der Waals surface area contributed by atoms with E-state index in [0.29, 0.717) is 61.8 Å². The van der Waals surface area contributed by atoms with Gasteiger partial charge in [-0.05, 0) is 38.9 Å². The first-order valence-electron chi connectivity index (χ1n) is 11.8. The molecular weight excluding hydrogens is 513 g/mol. The molecule has 1 aliphatic heterocycles. The molecule has 0 aliphatic carbocycles. The van der Waals surface area contributed by atoms with Crippen molar-refractivity contribution in [3.63, 3.8) is 0 Å². The predicted octanol–water partition coefficient (Wildman–Crippen LogP) is 3.78. The van der Waals surface area contributed by atoms with Gasteiger partial charge in [-0.3, -0.25) is 18.8 Å². The Morgan fingerprint density at radius 3 is 2.35 bits per heavy atom. The van der Waals surface area contributed by atoms with E-state index in [9.17, 15) is 22.8 Å². The minimum atomic E-state index is -4.40. The monoisotopic (exact) mass is 542 g/mol. The van der Waals surface area contributed by atoms with Crippen LogP contribution in [0, 0.1) is 13.8 Å². The maximum Gasteiger partial charge on any atom is 0.422 e. The van der Waals surface area contributed by atoms with E-state index < -0.39 is 18.5 Å². The van der Waals surface area contributed by atoms with Crippen molar-refractivity contribution in [1.29, 1.82) is 0 Å². The Morgan fingerprint density at radius 1 is 1.00 bits per heavy atom. The van der Waals surface area contributed by atoms with Crippen LogP contribution in [-0.2, 0) is 6.54 Å². The molecule has 0 unspecified atom stereocenters. The molecule has 0 radical (unpaired) electrons. The van der Waals surface area contributed by atoms with Crippen molar-refractivity contribution in [3.8, 4) is 11.4 Å². The smallest absolute Gasteiger partial charge is 0.422 e. The number of piperazine rings is 1. The molecule has 12 heteroatoms. The highest BCUT2D eigenvalue weighted by molar-refractivity contribution is 5.85. The number of anilines is 1. The van der Waals surface area contributed by atoms with Gasteiger partial charge in [-0.15, -0.1) is 12.4 Å². The highest BCUT2D eigenvalue weighted by Gasteiger charge is 2.29. The molecule has 202 valence electrons. The van der Waals surface area contributed by atoms with E-state index in [1.807, 2.05) is 4.90 Å². The molecule has 1 aromatic carbocycles. The fraction of sp³-hybridized carbons (Fsp3) is 0.440. The zero-order chi connectivity index (χ0) is 25.9. The third-order valence-corrected chi connectivity index (χ3v) is 6.46. The first-order chi connectivity index (χ1) is 17.2. The van der Waals surface area contributed by atoms with Crippen molar-refractivity contribution in [3.05, 3.63) is 75.0 Å². The Balaban J connectivity index is 0.00000380. The number of hydrogen-bond acceptors (Lipinski definition) is 6. The first kappa shape index (κ1) is 28.4. The fourth-order valence-electron chi connectivity index (χ4n) is 4.43. The second-order valence-corrected chi connectivity index (χ2v) is 8.82. The van der Waals surface area contributed by atoms with Crippen molar-refractivity contribution in [1.82, 2.24) is 14.0 Å². The molecule has 0 amide bonds. The van der Waals surface area contributed by atoms with Gasteiger partial charge in [-0.25, -0.2) is 4.79 Å². The Kier molecular flexibility index (Phi) is 9.14. The Hall–Kier alpha value is -3.18. The Morgan fingerprint density at radius 2 is 1.70 bits per heavy atom. The van der Waals surface area contributed by atoms with Crippen LogP contribution in [0.4, 0.5) is 18.9 Å². The SMILES string of the molecule is Cc1c(C)n(-c2ccoc2)c(=O)n(CCCN2CCN(c3ccccc3OCC(F)(F)F)CC2)c1=O.Cl. The number of benzene rings is 1. The number of alkyl halides is 3. The maximum absolute atomic E-state index is 13.1. The van der Waals surface area contributed by atoms with Gasteiger partial charge in [-0.1, -0.05) is 12.1 Å². The molecule has 1 fully saturated rings. The molecule has 3 aromatic rings. The molecular formula is C25H30ClF3N4O4. The van der Waals surface area contributed by atoms with Crippen LogP contribution in [0.3, 0.4) is 0 Å². The average Bonchev–Trinajstić information content (AvgIpc) is 3.38. The standard InChI is InChI=1S/C25H29F3N4O4.ClH/c1-18-19(2)32(20-8-15-35-16-20)24(34)31(23(18)33)10-5-9-29-11-13-30(14-12-29)21-6-3-4-7-22(21)36-17-25(26,27)28;/h3-4,6-8,15-16H,5,9-14,17H2,1-2H3;1H. The van der Waals surface area contributed by atoms with Crippen LogP contribution < -0.4 is 20.9 Å². The summed E-state index contributed by atoms with van der Waals surface area (Å²) in [7, 11) is 0. The van der Waals surface area contributed by atoms with Gasteiger partial charge in [0, 0.05) is 50.0 Å². The molecule has 1 aliphatic rings. The van der Waals surface area contributed by atoms with E-state index in [-0.39, 0.29) is 30.3 Å². The summed E-state index contributed by atoms with van der Waals surface area (Å²) >= 11 is 0. The zero-order valence-corrected chi connectivity index (χ0v) is 21.5. The summed E-state index contributed by atoms with van der Waals surface area (Å²) in [6, 6.07) is 8.42. The molecule has 1 saturated heterocycles. The molecule has 3 heterocycles. The first-order valence-corrected chi connectivity index (χ1v) is 11.8. The third kappa shape index (κ3) is 6.58. The lowest BCUT2D eigenvalue weighted by atomic mass is 10.2. The van der Waals surface area contributed by atoms with E-state index in [4.69, 9.17) is 9.15 Å². The number of halogens is 4. The minimum absolute atomic E-state index is 0. The molecule has 2 aromatic heterocycles. The van der Waals surface area contributed by atoms with Crippen molar-refractivity contribution in [2.24, 2.45) is 0 Å². The predicted molar refractivity (Wildman–Crippen MR) is 137 cm³/mol. The number of ether oxygens (including phenoxy) is 1. The van der Waals surface area contributed by atoms with Gasteiger partial charge in [0.1, 0.15) is 12.0 Å². The second-order valence-electron chi connectivity index (χ2n) is 8.82. The molecule has 0 atom stereocenters. The molecule has 0 bridgehead atoms. The van der Waals surface area contributed by atoms with Crippen molar-refractivity contribution >= 4 is 18.1 Å². The van der Waals surface area contributed by atoms with Crippen LogP contribution in [0.2, 0.25) is 0 Å². The normalized spacial score (nSPS) is 14.5. The number of rotatable bonds is 8. The largest absolute Gasteiger partial charge is 0.482 e. The van der Waals surface area contributed by atoms with Gasteiger partial charge in [-0.2, -0.15) is 13.2 Å². The number of nitrogens with zero attached hydrogens (tertiary/aromatic N) is 4. The Bertz CT molecular complexity index is 1300. The van der Waals surface area contributed by atoms with E-state index >= 15 is 0 Å². The molecule has 0 N–H and O–H groups in total. The highest BCUT2D eigenvalue weighted by Crippen LogP contribution is 2.30. The summed E-state index contributed by atoms with van der Waals surface area (Å²) in [5, 5.41) is 0. The summed E-state index contributed by atoms with van der Waals surface area (Å²) in [5.74, 6) is 0.214. The molecule has 8 nitrogen and oxygen atoms in total. The lowest BCUT2D eigenvalue weighted by Gasteiger charge is -2.36. The summed E-state index contributed by atoms with van der Waals surface area (Å²) in [4.78, 5) is 30.1. The van der Waals surface area contributed by atoms with E-state index in [2.05, 4.69) is 4.90 Å². The number of aromatic nitrogens is 2. The van der Waals surface area contributed by atoms with Crippen LogP contribution in [-0.4, -0.2) is 59.5 Å². The summed E-state index contributed by atoms with van der Waals surface area (Å²) in [6.45, 7) is 5.75. The quantitative estimate of drug-likeness (QED) is 0.431.